The van der Waals surface area contributed by atoms with Gasteiger partial charge in [-0.2, -0.15) is 5.10 Å². The monoisotopic (exact) mass is 279 g/mol. The van der Waals surface area contributed by atoms with Crippen molar-refractivity contribution in [3.05, 3.63) is 28.0 Å². The normalized spacial score (nSPS) is 9.05. The van der Waals surface area contributed by atoms with E-state index in [1.165, 1.54) is 11.1 Å². The third-order valence-electron chi connectivity index (χ3n) is 2.72. The van der Waals surface area contributed by atoms with Gasteiger partial charge in [-0.25, -0.2) is 4.98 Å². The molecule has 0 aliphatic carbocycles. The van der Waals surface area contributed by atoms with Crippen molar-refractivity contribution in [1.82, 2.24) is 15.2 Å². The largest absolute Gasteiger partial charge is 0.249 e. The number of hydrogen-bond acceptors (Lipinski definition) is 4. The Morgan fingerprint density at radius 1 is 0.789 bits per heavy atom. The Balaban J connectivity index is 0.000000741. The summed E-state index contributed by atoms with van der Waals surface area (Å²) in [7, 11) is 0. The molecule has 2 aromatic rings. The Bertz CT molecular complexity index is 504. The van der Waals surface area contributed by atoms with Gasteiger partial charge in [-0.3, -0.25) is 0 Å². The molecule has 0 bridgehead atoms. The number of rotatable bonds is 1. The van der Waals surface area contributed by atoms with E-state index in [0.29, 0.717) is 0 Å². The van der Waals surface area contributed by atoms with Crippen LogP contribution in [0.5, 0.6) is 0 Å². The van der Waals surface area contributed by atoms with Gasteiger partial charge in [0.15, 0.2) is 0 Å². The fourth-order valence-electron chi connectivity index (χ4n) is 1.47. The molecule has 19 heavy (non-hydrogen) atoms. The van der Waals surface area contributed by atoms with Gasteiger partial charge >= 0.3 is 0 Å². The summed E-state index contributed by atoms with van der Waals surface area (Å²) in [6.07, 6.45) is 0. The van der Waals surface area contributed by atoms with E-state index in [1.807, 2.05) is 47.1 Å². The predicted molar refractivity (Wildman–Crippen MR) is 84.8 cm³/mol. The van der Waals surface area contributed by atoms with Crippen molar-refractivity contribution >= 4 is 11.3 Å². The highest BCUT2D eigenvalue weighted by molar-refractivity contribution is 7.13. The Hall–Kier alpha value is -1.29. The van der Waals surface area contributed by atoms with Crippen molar-refractivity contribution < 1.29 is 0 Å². The molecule has 0 amide bonds. The van der Waals surface area contributed by atoms with Gasteiger partial charge in [0.05, 0.1) is 21.8 Å². The number of hydrogen-bond donors (Lipinski definition) is 0. The Labute approximate surface area is 121 Å². The van der Waals surface area contributed by atoms with Gasteiger partial charge in [-0.1, -0.05) is 27.7 Å². The fourth-order valence-corrected chi connectivity index (χ4v) is 2.31. The molecule has 106 valence electrons. The highest BCUT2D eigenvalue weighted by atomic mass is 32.1. The molecule has 4 heteroatoms. The maximum atomic E-state index is 4.26. The van der Waals surface area contributed by atoms with Gasteiger partial charge in [0, 0.05) is 0 Å². The molecule has 3 nitrogen and oxygen atoms in total. The van der Waals surface area contributed by atoms with Crippen molar-refractivity contribution in [2.45, 2.75) is 55.4 Å². The highest BCUT2D eigenvalue weighted by Crippen LogP contribution is 2.29. The first kappa shape index (κ1) is 17.7. The van der Waals surface area contributed by atoms with E-state index in [-0.39, 0.29) is 0 Å². The highest BCUT2D eigenvalue weighted by Gasteiger charge is 2.12. The second kappa shape index (κ2) is 8.75. The van der Waals surface area contributed by atoms with Crippen LogP contribution in [0.15, 0.2) is 5.51 Å². The molecule has 0 saturated carbocycles. The molecular formula is C15H25N3S. The van der Waals surface area contributed by atoms with E-state index in [2.05, 4.69) is 29.0 Å². The lowest BCUT2D eigenvalue weighted by atomic mass is 10.1. The van der Waals surface area contributed by atoms with Crippen LogP contribution in [0.3, 0.4) is 0 Å². The third-order valence-corrected chi connectivity index (χ3v) is 3.66. The number of aryl methyl sites for hydroxylation is 2. The van der Waals surface area contributed by atoms with Gasteiger partial charge < -0.3 is 0 Å². The quantitative estimate of drug-likeness (QED) is 0.746. The zero-order chi connectivity index (χ0) is 15.0. The molecule has 0 aromatic carbocycles. The van der Waals surface area contributed by atoms with E-state index < -0.39 is 0 Å². The predicted octanol–water partition coefficient (Wildman–Crippen LogP) is 4.89. The molecule has 0 unspecified atom stereocenters. The van der Waals surface area contributed by atoms with Crippen LogP contribution in [0.2, 0.25) is 0 Å². The van der Waals surface area contributed by atoms with Crippen LogP contribution in [0, 0.1) is 27.7 Å². The van der Waals surface area contributed by atoms with Gasteiger partial charge in [-0.15, -0.1) is 16.4 Å². The Kier molecular flexibility index (Phi) is 8.16. The molecule has 2 aromatic heterocycles. The molecule has 2 heterocycles. The number of aromatic nitrogens is 3. The fraction of sp³-hybridized carbons (Fsp3) is 0.533. The molecule has 0 atom stereocenters. The second-order valence-corrected chi connectivity index (χ2v) is 4.51. The zero-order valence-corrected chi connectivity index (χ0v) is 14.1. The standard InChI is InChI=1S/C11H13N3S.2C2H6/c1-6-7(2)10(14-13-8(6)3)11-9(4)12-5-15-11;2*1-2/h5H,1-4H3;2*1-2H3. The smallest absolute Gasteiger partial charge is 0.108 e. The van der Waals surface area contributed by atoms with E-state index in [9.17, 15) is 0 Å². The summed E-state index contributed by atoms with van der Waals surface area (Å²) in [6, 6.07) is 0. The van der Waals surface area contributed by atoms with Crippen molar-refractivity contribution in [3.63, 3.8) is 0 Å². The first-order chi connectivity index (χ1) is 9.11. The van der Waals surface area contributed by atoms with E-state index in [1.54, 1.807) is 11.3 Å². The third kappa shape index (κ3) is 4.10. The van der Waals surface area contributed by atoms with Crippen LogP contribution in [0.1, 0.15) is 50.2 Å². The van der Waals surface area contributed by atoms with Crippen molar-refractivity contribution in [1.29, 1.82) is 0 Å². The molecule has 0 saturated heterocycles. The van der Waals surface area contributed by atoms with Gasteiger partial charge in [0.25, 0.3) is 0 Å². The Morgan fingerprint density at radius 3 is 1.84 bits per heavy atom. The van der Waals surface area contributed by atoms with Gasteiger partial charge in [0.2, 0.25) is 0 Å². The summed E-state index contributed by atoms with van der Waals surface area (Å²) < 4.78 is 0. The molecular weight excluding hydrogens is 254 g/mol. The first-order valence-electron chi connectivity index (χ1n) is 6.82. The second-order valence-electron chi connectivity index (χ2n) is 3.65. The van der Waals surface area contributed by atoms with E-state index in [4.69, 9.17) is 0 Å². The summed E-state index contributed by atoms with van der Waals surface area (Å²) in [5.74, 6) is 0. The Morgan fingerprint density at radius 2 is 1.37 bits per heavy atom. The van der Waals surface area contributed by atoms with Gasteiger partial charge in [-0.05, 0) is 38.8 Å². The summed E-state index contributed by atoms with van der Waals surface area (Å²) in [5.41, 5.74) is 7.26. The molecule has 0 radical (unpaired) electrons. The van der Waals surface area contributed by atoms with Gasteiger partial charge in [0.1, 0.15) is 5.69 Å². The molecule has 0 spiro atoms. The van der Waals surface area contributed by atoms with Crippen LogP contribution in [0.25, 0.3) is 10.6 Å². The molecule has 0 aliphatic heterocycles. The topological polar surface area (TPSA) is 38.7 Å². The molecule has 2 rings (SSSR count). The van der Waals surface area contributed by atoms with Crippen LogP contribution >= 0.6 is 11.3 Å². The molecule has 0 fully saturated rings. The lowest BCUT2D eigenvalue weighted by molar-refractivity contribution is 0.952. The summed E-state index contributed by atoms with van der Waals surface area (Å²) in [4.78, 5) is 5.36. The van der Waals surface area contributed by atoms with Crippen molar-refractivity contribution in [2.75, 3.05) is 0 Å². The summed E-state index contributed by atoms with van der Waals surface area (Å²) in [6.45, 7) is 16.2. The number of thiazole rings is 1. The minimum atomic E-state index is 0.970. The molecule has 0 N–H and O–H groups in total. The first-order valence-corrected chi connectivity index (χ1v) is 7.70. The van der Waals surface area contributed by atoms with Crippen LogP contribution in [-0.4, -0.2) is 15.2 Å². The van der Waals surface area contributed by atoms with Crippen molar-refractivity contribution in [2.24, 2.45) is 0 Å². The van der Waals surface area contributed by atoms with Crippen LogP contribution in [0.4, 0.5) is 0 Å². The van der Waals surface area contributed by atoms with E-state index >= 15 is 0 Å². The average Bonchev–Trinajstić information content (AvgIpc) is 2.87. The maximum Gasteiger partial charge on any atom is 0.108 e. The average molecular weight is 279 g/mol. The van der Waals surface area contributed by atoms with Crippen molar-refractivity contribution in [3.8, 4) is 10.6 Å². The van der Waals surface area contributed by atoms with Crippen LogP contribution < -0.4 is 0 Å². The SMILES string of the molecule is CC.CC.Cc1ncsc1-c1nnc(C)c(C)c1C. The zero-order valence-electron chi connectivity index (χ0n) is 13.3. The minimum absolute atomic E-state index is 0.970. The number of nitrogens with zero attached hydrogens (tertiary/aromatic N) is 3. The summed E-state index contributed by atoms with van der Waals surface area (Å²) in [5, 5.41) is 8.43. The maximum absolute atomic E-state index is 4.26. The lowest BCUT2D eigenvalue weighted by Gasteiger charge is -2.07. The van der Waals surface area contributed by atoms with Crippen LogP contribution in [-0.2, 0) is 0 Å². The summed E-state index contributed by atoms with van der Waals surface area (Å²) >= 11 is 1.62. The van der Waals surface area contributed by atoms with E-state index in [0.717, 1.165) is 22.0 Å². The minimum Gasteiger partial charge on any atom is -0.249 e. The lowest BCUT2D eigenvalue weighted by Crippen LogP contribution is -1.98. The molecule has 0 aliphatic rings.